The number of hydrogen-bond donors (Lipinski definition) is 1. The molecule has 0 radical (unpaired) electrons. The van der Waals surface area contributed by atoms with E-state index >= 15 is 0 Å². The molecule has 1 aliphatic heterocycles. The molecule has 2 rings (SSSR count). The van der Waals surface area contributed by atoms with E-state index < -0.39 is 0 Å². The number of carbonyl (C=O) groups is 1. The van der Waals surface area contributed by atoms with Crippen LogP contribution in [0.3, 0.4) is 0 Å². The fourth-order valence-corrected chi connectivity index (χ4v) is 2.91. The predicted octanol–water partition coefficient (Wildman–Crippen LogP) is 2.26. The van der Waals surface area contributed by atoms with Crippen molar-refractivity contribution in [2.24, 2.45) is 0 Å². The Labute approximate surface area is 134 Å². The Morgan fingerprint density at radius 3 is 2.60 bits per heavy atom. The van der Waals surface area contributed by atoms with Gasteiger partial charge in [0.15, 0.2) is 0 Å². The Bertz CT molecular complexity index is 456. The van der Waals surface area contributed by atoms with Crippen molar-refractivity contribution in [3.8, 4) is 0 Å². The maximum absolute atomic E-state index is 11.7. The van der Waals surface area contributed by atoms with Crippen molar-refractivity contribution in [2.75, 3.05) is 39.0 Å². The van der Waals surface area contributed by atoms with Gasteiger partial charge in [-0.2, -0.15) is 0 Å². The topological polar surface area (TPSA) is 35.6 Å². The molecule has 1 aromatic carbocycles. The number of nitrogens with zero attached hydrogens (tertiary/aromatic N) is 2. The average Bonchev–Trinajstić information content (AvgIpc) is 2.43. The third kappa shape index (κ3) is 4.34. The molecule has 1 amide bonds. The molecule has 0 saturated carbocycles. The lowest BCUT2D eigenvalue weighted by Gasteiger charge is -2.33. The second-order valence-corrected chi connectivity index (χ2v) is 6.62. The quantitative estimate of drug-likeness (QED) is 0.806. The summed E-state index contributed by atoms with van der Waals surface area (Å²) < 4.78 is 1.26. The van der Waals surface area contributed by atoms with Crippen molar-refractivity contribution in [1.29, 1.82) is 0 Å². The number of amides is 1. The summed E-state index contributed by atoms with van der Waals surface area (Å²) in [7, 11) is 3.63. The number of anilines is 1. The van der Waals surface area contributed by atoms with E-state index in [4.69, 9.17) is 0 Å². The predicted molar refractivity (Wildman–Crippen MR) is 90.9 cm³/mol. The van der Waals surface area contributed by atoms with Gasteiger partial charge in [0, 0.05) is 42.5 Å². The fourth-order valence-electron chi connectivity index (χ4n) is 2.37. The van der Waals surface area contributed by atoms with Gasteiger partial charge in [0.1, 0.15) is 0 Å². The molecule has 0 aliphatic carbocycles. The lowest BCUT2D eigenvalue weighted by Crippen LogP contribution is -2.44. The van der Waals surface area contributed by atoms with Crippen molar-refractivity contribution in [3.05, 3.63) is 27.8 Å². The Hall–Kier alpha value is -0.820. The number of nitrogens with one attached hydrogen (secondary N) is 1. The second kappa shape index (κ2) is 7.26. The average molecular weight is 387 g/mol. The van der Waals surface area contributed by atoms with E-state index in [0.29, 0.717) is 12.6 Å². The summed E-state index contributed by atoms with van der Waals surface area (Å²) in [6.45, 7) is 2.52. The third-order valence-electron chi connectivity index (χ3n) is 3.68. The number of hydrogen-bond acceptors (Lipinski definition) is 3. The van der Waals surface area contributed by atoms with Crippen molar-refractivity contribution < 1.29 is 4.79 Å². The van der Waals surface area contributed by atoms with Gasteiger partial charge in [0.25, 0.3) is 0 Å². The summed E-state index contributed by atoms with van der Waals surface area (Å²) >= 11 is 2.36. The fraction of sp³-hybridized carbons (Fsp3) is 0.533. The first-order valence-electron chi connectivity index (χ1n) is 7.00. The van der Waals surface area contributed by atoms with Gasteiger partial charge in [-0.05, 0) is 47.6 Å². The highest BCUT2D eigenvalue weighted by atomic mass is 127. The Morgan fingerprint density at radius 2 is 2.00 bits per heavy atom. The van der Waals surface area contributed by atoms with E-state index in [1.807, 2.05) is 14.1 Å². The molecule has 1 fully saturated rings. The second-order valence-electron chi connectivity index (χ2n) is 5.46. The Morgan fingerprint density at radius 1 is 1.35 bits per heavy atom. The van der Waals surface area contributed by atoms with Gasteiger partial charge in [-0.1, -0.05) is 12.1 Å². The molecule has 1 saturated heterocycles. The lowest BCUT2D eigenvalue weighted by molar-refractivity contribution is -0.130. The zero-order chi connectivity index (χ0) is 14.5. The van der Waals surface area contributed by atoms with Crippen LogP contribution in [0.2, 0.25) is 0 Å². The largest absolute Gasteiger partial charge is 0.381 e. The number of carbonyl (C=O) groups excluding carboxylic acids is 1. The van der Waals surface area contributed by atoms with E-state index in [2.05, 4.69) is 57.1 Å². The molecule has 1 heterocycles. The number of likely N-dealkylation sites (N-methyl/N-ethyl adjacent to an activating group) is 1. The van der Waals surface area contributed by atoms with Crippen LogP contribution in [0.4, 0.5) is 5.69 Å². The van der Waals surface area contributed by atoms with Gasteiger partial charge < -0.3 is 10.2 Å². The monoisotopic (exact) mass is 387 g/mol. The maximum Gasteiger partial charge on any atom is 0.236 e. The first kappa shape index (κ1) is 15.6. The van der Waals surface area contributed by atoms with Crippen LogP contribution >= 0.6 is 22.6 Å². The van der Waals surface area contributed by atoms with Gasteiger partial charge in [-0.25, -0.2) is 0 Å². The molecule has 1 N–H and O–H groups in total. The molecule has 0 spiro atoms. The van der Waals surface area contributed by atoms with Gasteiger partial charge in [0.2, 0.25) is 5.91 Å². The molecule has 0 aromatic heterocycles. The van der Waals surface area contributed by atoms with E-state index in [0.717, 1.165) is 25.9 Å². The van der Waals surface area contributed by atoms with Crippen molar-refractivity contribution in [2.45, 2.75) is 18.9 Å². The van der Waals surface area contributed by atoms with E-state index in [1.54, 1.807) is 4.90 Å². The maximum atomic E-state index is 11.7. The third-order valence-corrected chi connectivity index (χ3v) is 4.62. The summed E-state index contributed by atoms with van der Waals surface area (Å²) in [5.41, 5.74) is 1.22. The van der Waals surface area contributed by atoms with Crippen LogP contribution in [0, 0.1) is 3.57 Å². The summed E-state index contributed by atoms with van der Waals surface area (Å²) in [6, 6.07) is 8.88. The minimum absolute atomic E-state index is 0.189. The minimum atomic E-state index is 0.189. The molecule has 1 aromatic rings. The van der Waals surface area contributed by atoms with Crippen molar-refractivity contribution in [1.82, 2.24) is 9.80 Å². The Balaban J connectivity index is 1.80. The van der Waals surface area contributed by atoms with Gasteiger partial charge in [0.05, 0.1) is 6.54 Å². The first-order valence-corrected chi connectivity index (χ1v) is 8.07. The number of benzene rings is 1. The van der Waals surface area contributed by atoms with Crippen molar-refractivity contribution in [3.63, 3.8) is 0 Å². The van der Waals surface area contributed by atoms with E-state index in [-0.39, 0.29) is 5.91 Å². The van der Waals surface area contributed by atoms with Gasteiger partial charge >= 0.3 is 0 Å². The highest BCUT2D eigenvalue weighted by molar-refractivity contribution is 14.1. The van der Waals surface area contributed by atoms with Gasteiger partial charge in [-0.15, -0.1) is 0 Å². The number of halogens is 1. The minimum Gasteiger partial charge on any atom is -0.381 e. The van der Waals surface area contributed by atoms with Crippen LogP contribution in [-0.4, -0.2) is 55.5 Å². The van der Waals surface area contributed by atoms with E-state index in [1.165, 1.54) is 9.26 Å². The van der Waals surface area contributed by atoms with Crippen LogP contribution in [0.25, 0.3) is 0 Å². The number of likely N-dealkylation sites (tertiary alicyclic amines) is 1. The number of piperidine rings is 1. The van der Waals surface area contributed by atoms with Crippen molar-refractivity contribution >= 4 is 34.2 Å². The summed E-state index contributed by atoms with van der Waals surface area (Å²) in [4.78, 5) is 15.6. The number of rotatable bonds is 4. The zero-order valence-corrected chi connectivity index (χ0v) is 14.3. The van der Waals surface area contributed by atoms with Gasteiger partial charge in [-0.3, -0.25) is 9.69 Å². The summed E-state index contributed by atoms with van der Waals surface area (Å²) in [5, 5.41) is 3.62. The molecule has 110 valence electrons. The van der Waals surface area contributed by atoms with Crippen LogP contribution in [-0.2, 0) is 4.79 Å². The molecular weight excluding hydrogens is 365 g/mol. The molecule has 4 nitrogen and oxygen atoms in total. The zero-order valence-electron chi connectivity index (χ0n) is 12.1. The summed E-state index contributed by atoms with van der Waals surface area (Å²) in [6.07, 6.45) is 2.18. The molecule has 1 aliphatic rings. The summed E-state index contributed by atoms with van der Waals surface area (Å²) in [5.74, 6) is 0.189. The van der Waals surface area contributed by atoms with Crippen LogP contribution in [0.1, 0.15) is 12.8 Å². The highest BCUT2D eigenvalue weighted by Crippen LogP contribution is 2.21. The number of para-hydroxylation sites is 1. The van der Waals surface area contributed by atoms with Crippen LogP contribution in [0.15, 0.2) is 24.3 Å². The SMILES string of the molecule is CN(C)C(=O)CN1CCC(Nc2ccccc2I)CC1. The molecular formula is C15H22IN3O. The highest BCUT2D eigenvalue weighted by Gasteiger charge is 2.21. The Kier molecular flexibility index (Phi) is 5.65. The first-order chi connectivity index (χ1) is 9.56. The molecule has 5 heteroatoms. The molecule has 0 atom stereocenters. The lowest BCUT2D eigenvalue weighted by atomic mass is 10.0. The van der Waals surface area contributed by atoms with E-state index in [9.17, 15) is 4.79 Å². The normalized spacial score (nSPS) is 16.9. The molecule has 0 bridgehead atoms. The molecule has 20 heavy (non-hydrogen) atoms. The smallest absolute Gasteiger partial charge is 0.236 e. The standard InChI is InChI=1S/C15H22IN3O/c1-18(2)15(20)11-19-9-7-12(8-10-19)17-14-6-4-3-5-13(14)16/h3-6,12,17H,7-11H2,1-2H3. The van der Waals surface area contributed by atoms with Crippen LogP contribution in [0.5, 0.6) is 0 Å². The molecule has 0 unspecified atom stereocenters. The van der Waals surface area contributed by atoms with Crippen LogP contribution < -0.4 is 5.32 Å².